The van der Waals surface area contributed by atoms with E-state index in [4.69, 9.17) is 4.74 Å². The van der Waals surface area contributed by atoms with E-state index >= 15 is 0 Å². The molecule has 6 nitrogen and oxygen atoms in total. The molecule has 0 saturated heterocycles. The Morgan fingerprint density at radius 1 is 1.38 bits per heavy atom. The van der Waals surface area contributed by atoms with Crippen LogP contribution in [0.3, 0.4) is 0 Å². The van der Waals surface area contributed by atoms with Gasteiger partial charge in [0.15, 0.2) is 0 Å². The summed E-state index contributed by atoms with van der Waals surface area (Å²) in [5, 5.41) is 6.10. The second kappa shape index (κ2) is 6.45. The number of rotatable bonds is 4. The molecule has 0 radical (unpaired) electrons. The number of hydrogen-bond acceptors (Lipinski definition) is 5. The summed E-state index contributed by atoms with van der Waals surface area (Å²) in [7, 11) is 0. The first-order valence-electron chi connectivity index (χ1n) is 6.80. The van der Waals surface area contributed by atoms with Crippen molar-refractivity contribution in [3.8, 4) is 0 Å². The van der Waals surface area contributed by atoms with Gasteiger partial charge in [0.25, 0.3) is 0 Å². The maximum atomic E-state index is 11.6. The van der Waals surface area contributed by atoms with Crippen molar-refractivity contribution < 1.29 is 9.53 Å². The molecule has 0 aliphatic carbocycles. The van der Waals surface area contributed by atoms with Gasteiger partial charge in [-0.2, -0.15) is 0 Å². The molecule has 0 bridgehead atoms. The molecule has 1 heterocycles. The Balaban J connectivity index is 1.86. The number of amides is 1. The van der Waals surface area contributed by atoms with Crippen LogP contribution in [0.2, 0.25) is 0 Å². The summed E-state index contributed by atoms with van der Waals surface area (Å²) in [6.45, 7) is 7.99. The molecule has 0 aromatic heterocycles. The van der Waals surface area contributed by atoms with Crippen LogP contribution in [0, 0.1) is 0 Å². The number of carbonyl (C=O) groups excluding carboxylic acids is 1. The third kappa shape index (κ3) is 4.72. The van der Waals surface area contributed by atoms with Gasteiger partial charge < -0.3 is 0 Å². The number of ether oxygens (including phenoxy) is 1. The van der Waals surface area contributed by atoms with Gasteiger partial charge in [-0.25, -0.2) is 0 Å². The first-order valence-corrected chi connectivity index (χ1v) is 8.33. The SMILES string of the molecule is CC(CNC(=O)OC(C)(C)C)Nc1cccc2c1N=[Se]=N2. The zero-order valence-corrected chi connectivity index (χ0v) is 14.3. The van der Waals surface area contributed by atoms with E-state index in [9.17, 15) is 4.79 Å². The Labute approximate surface area is 130 Å². The summed E-state index contributed by atoms with van der Waals surface area (Å²) in [5.74, 6) is 0. The fraction of sp³-hybridized carbons (Fsp3) is 0.500. The van der Waals surface area contributed by atoms with E-state index in [1.807, 2.05) is 45.9 Å². The summed E-state index contributed by atoms with van der Waals surface area (Å²) in [6, 6.07) is 5.95. The summed E-state index contributed by atoms with van der Waals surface area (Å²) < 4.78 is 14.0. The topological polar surface area (TPSA) is 75.1 Å². The van der Waals surface area contributed by atoms with Crippen LogP contribution >= 0.6 is 0 Å². The van der Waals surface area contributed by atoms with Crippen molar-refractivity contribution in [2.75, 3.05) is 11.9 Å². The van der Waals surface area contributed by atoms with Gasteiger partial charge in [0.1, 0.15) is 0 Å². The van der Waals surface area contributed by atoms with Crippen LogP contribution < -0.4 is 10.6 Å². The van der Waals surface area contributed by atoms with E-state index < -0.39 is 11.7 Å². The standard InChI is InChI=1S/C14H20N4O2Se/c1-9(8-15-13(19)20-14(2,3)4)16-10-6-5-7-11-12(10)18-21-17-11/h5-7,9,16H,8H2,1-4H3,(H,15,19). The van der Waals surface area contributed by atoms with Gasteiger partial charge in [-0.15, -0.1) is 0 Å². The fourth-order valence-electron chi connectivity index (χ4n) is 1.79. The van der Waals surface area contributed by atoms with Crippen molar-refractivity contribution in [3.63, 3.8) is 0 Å². The number of hydrogen-bond donors (Lipinski definition) is 2. The van der Waals surface area contributed by atoms with E-state index in [1.54, 1.807) is 0 Å². The minimum absolute atomic E-state index is 0.0435. The molecular formula is C14H20N4O2Se. The summed E-state index contributed by atoms with van der Waals surface area (Å²) in [6.07, 6.45) is -0.405. The molecule has 0 spiro atoms. The molecule has 0 saturated carbocycles. The van der Waals surface area contributed by atoms with E-state index in [2.05, 4.69) is 18.6 Å². The number of anilines is 1. The molecule has 1 atom stereocenters. The van der Waals surface area contributed by atoms with E-state index in [0.29, 0.717) is 6.54 Å². The van der Waals surface area contributed by atoms with Crippen molar-refractivity contribution in [2.45, 2.75) is 39.3 Å². The number of carbonyl (C=O) groups is 1. The number of nitrogens with zero attached hydrogens (tertiary/aromatic N) is 2. The molecule has 0 fully saturated rings. The molecule has 2 rings (SSSR count). The molecule has 21 heavy (non-hydrogen) atoms. The van der Waals surface area contributed by atoms with Gasteiger partial charge in [-0.3, -0.25) is 0 Å². The summed E-state index contributed by atoms with van der Waals surface area (Å²) in [5.41, 5.74) is 2.33. The minimum atomic E-state index is -0.483. The monoisotopic (exact) mass is 356 g/mol. The summed E-state index contributed by atoms with van der Waals surface area (Å²) >= 11 is -0.0435. The fourth-order valence-corrected chi connectivity index (χ4v) is 2.94. The molecule has 1 aliphatic heterocycles. The van der Waals surface area contributed by atoms with Gasteiger partial charge in [-0.05, 0) is 0 Å². The molecule has 1 unspecified atom stereocenters. The van der Waals surface area contributed by atoms with Gasteiger partial charge >= 0.3 is 130 Å². The normalized spacial score (nSPS) is 14.1. The van der Waals surface area contributed by atoms with Crippen molar-refractivity contribution in [3.05, 3.63) is 18.2 Å². The van der Waals surface area contributed by atoms with Gasteiger partial charge in [0.2, 0.25) is 0 Å². The van der Waals surface area contributed by atoms with Crippen molar-refractivity contribution in [2.24, 2.45) is 7.92 Å². The maximum absolute atomic E-state index is 11.6. The second-order valence-electron chi connectivity index (χ2n) is 5.87. The van der Waals surface area contributed by atoms with Crippen LogP contribution in [0.5, 0.6) is 0 Å². The van der Waals surface area contributed by atoms with E-state index in [0.717, 1.165) is 17.1 Å². The van der Waals surface area contributed by atoms with Crippen molar-refractivity contribution in [1.82, 2.24) is 5.32 Å². The second-order valence-corrected chi connectivity index (χ2v) is 6.97. The molecule has 114 valence electrons. The quantitative estimate of drug-likeness (QED) is 0.826. The van der Waals surface area contributed by atoms with Crippen LogP contribution in [0.25, 0.3) is 0 Å². The third-order valence-electron chi connectivity index (χ3n) is 2.64. The molecular weight excluding hydrogens is 335 g/mol. The molecule has 2 N–H and O–H groups in total. The van der Waals surface area contributed by atoms with Crippen LogP contribution in [0.4, 0.5) is 21.9 Å². The molecule has 1 aromatic rings. The Hall–Kier alpha value is -1.59. The molecule has 1 aromatic carbocycles. The molecule has 1 aliphatic rings. The van der Waals surface area contributed by atoms with Gasteiger partial charge in [0, 0.05) is 0 Å². The van der Waals surface area contributed by atoms with Gasteiger partial charge in [-0.1, -0.05) is 0 Å². The Morgan fingerprint density at radius 2 is 2.14 bits per heavy atom. The van der Waals surface area contributed by atoms with Crippen LogP contribution in [-0.2, 0) is 4.74 Å². The average Bonchev–Trinajstić information content (AvgIpc) is 2.84. The van der Waals surface area contributed by atoms with E-state index in [1.165, 1.54) is 0 Å². The van der Waals surface area contributed by atoms with Crippen LogP contribution in [-0.4, -0.2) is 38.8 Å². The van der Waals surface area contributed by atoms with Crippen LogP contribution in [0.15, 0.2) is 26.1 Å². The Bertz CT molecular complexity index is 603. The first kappa shape index (κ1) is 15.8. The average molecular weight is 355 g/mol. The molecule has 1 amide bonds. The predicted molar refractivity (Wildman–Crippen MR) is 83.7 cm³/mol. The number of alkyl carbamates (subject to hydrolysis) is 1. The predicted octanol–water partition coefficient (Wildman–Crippen LogP) is 3.36. The van der Waals surface area contributed by atoms with Gasteiger partial charge in [0.05, 0.1) is 0 Å². The number of fused-ring (bicyclic) bond motifs is 1. The van der Waals surface area contributed by atoms with Crippen molar-refractivity contribution >= 4 is 37.7 Å². The summed E-state index contributed by atoms with van der Waals surface area (Å²) in [4.78, 5) is 11.6. The number of nitrogens with one attached hydrogen (secondary N) is 2. The zero-order valence-electron chi connectivity index (χ0n) is 12.6. The van der Waals surface area contributed by atoms with Crippen LogP contribution in [0.1, 0.15) is 27.7 Å². The zero-order chi connectivity index (χ0) is 15.5. The number of benzene rings is 1. The molecule has 7 heteroatoms. The first-order chi connectivity index (χ1) is 9.85. The Morgan fingerprint density at radius 3 is 2.86 bits per heavy atom. The third-order valence-corrected chi connectivity index (χ3v) is 3.78. The van der Waals surface area contributed by atoms with Crippen molar-refractivity contribution in [1.29, 1.82) is 0 Å². The van der Waals surface area contributed by atoms with E-state index in [-0.39, 0.29) is 20.6 Å². The Kier molecular flexibility index (Phi) is 4.85.